The summed E-state index contributed by atoms with van der Waals surface area (Å²) >= 11 is 17.8. The second-order valence-corrected chi connectivity index (χ2v) is 4.86. The first-order valence-electron chi connectivity index (χ1n) is 4.92. The number of nitrogens with one attached hydrogen (secondary N) is 1. The van der Waals surface area contributed by atoms with E-state index in [2.05, 4.69) is 4.98 Å². The van der Waals surface area contributed by atoms with Crippen LogP contribution in [0.15, 0.2) is 29.2 Å². The molecule has 0 fully saturated rings. The molecule has 5 nitrogen and oxygen atoms in total. The number of H-pyrrole nitrogens is 1. The Balaban J connectivity index is 2.70. The molecule has 1 aromatic heterocycles. The minimum atomic E-state index is -0.796. The van der Waals surface area contributed by atoms with Crippen molar-refractivity contribution in [3.63, 3.8) is 0 Å². The third kappa shape index (κ3) is 2.73. The van der Waals surface area contributed by atoms with Gasteiger partial charge < -0.3 is 4.98 Å². The molecule has 0 aliphatic rings. The lowest BCUT2D eigenvalue weighted by Gasteiger charge is -2.07. The predicted octanol–water partition coefficient (Wildman–Crippen LogP) is 3.91. The van der Waals surface area contributed by atoms with Gasteiger partial charge in [0.25, 0.3) is 0 Å². The van der Waals surface area contributed by atoms with Crippen molar-refractivity contribution in [2.45, 2.75) is 0 Å². The third-order valence-corrected chi connectivity index (χ3v) is 3.19. The largest absolute Gasteiger partial charge is 0.334 e. The van der Waals surface area contributed by atoms with Crippen molar-refractivity contribution in [1.82, 2.24) is 4.98 Å². The van der Waals surface area contributed by atoms with Crippen molar-refractivity contribution in [2.24, 2.45) is 0 Å². The molecule has 19 heavy (non-hydrogen) atoms. The van der Waals surface area contributed by atoms with Crippen LogP contribution in [0, 0.1) is 10.1 Å². The maximum atomic E-state index is 11.3. The summed E-state index contributed by atoms with van der Waals surface area (Å²) in [5.74, 6) is 0. The molecular weight excluding hydrogens is 314 g/mol. The standard InChI is InChI=1S/C11H5Cl3N2O3/c12-6-2-7(13)10(8(14)3-6)5-1-9(16(18)19)11(17)15-4-5/h1-4H,(H,15,17). The van der Waals surface area contributed by atoms with E-state index in [0.717, 1.165) is 6.07 Å². The summed E-state index contributed by atoms with van der Waals surface area (Å²) in [6.45, 7) is 0. The fourth-order valence-electron chi connectivity index (χ4n) is 1.57. The van der Waals surface area contributed by atoms with Gasteiger partial charge in [-0.25, -0.2) is 0 Å². The van der Waals surface area contributed by atoms with Gasteiger partial charge in [-0.15, -0.1) is 0 Å². The Labute approximate surface area is 121 Å². The summed E-state index contributed by atoms with van der Waals surface area (Å²) in [5, 5.41) is 11.5. The minimum Gasteiger partial charge on any atom is -0.323 e. The highest BCUT2D eigenvalue weighted by molar-refractivity contribution is 6.41. The summed E-state index contributed by atoms with van der Waals surface area (Å²) in [6, 6.07) is 4.03. The second kappa shape index (κ2) is 5.21. The van der Waals surface area contributed by atoms with E-state index in [1.807, 2.05) is 0 Å². The fraction of sp³-hybridized carbons (Fsp3) is 0. The molecule has 1 aromatic carbocycles. The van der Waals surface area contributed by atoms with Crippen LogP contribution < -0.4 is 5.56 Å². The summed E-state index contributed by atoms with van der Waals surface area (Å²) in [4.78, 5) is 23.5. The Hall–Kier alpha value is -1.56. The molecular formula is C11H5Cl3N2O3. The quantitative estimate of drug-likeness (QED) is 0.673. The van der Waals surface area contributed by atoms with Gasteiger partial charge in [0.2, 0.25) is 0 Å². The lowest BCUT2D eigenvalue weighted by Crippen LogP contribution is -2.10. The first-order valence-corrected chi connectivity index (χ1v) is 6.05. The van der Waals surface area contributed by atoms with E-state index in [1.165, 1.54) is 18.3 Å². The van der Waals surface area contributed by atoms with Crippen LogP contribution in [-0.4, -0.2) is 9.91 Å². The van der Waals surface area contributed by atoms with E-state index in [4.69, 9.17) is 34.8 Å². The van der Waals surface area contributed by atoms with E-state index in [0.29, 0.717) is 16.1 Å². The van der Waals surface area contributed by atoms with Gasteiger partial charge in [0.05, 0.1) is 15.0 Å². The number of nitrogens with zero attached hydrogens (tertiary/aromatic N) is 1. The average molecular weight is 320 g/mol. The van der Waals surface area contributed by atoms with E-state index >= 15 is 0 Å². The zero-order chi connectivity index (χ0) is 14.2. The molecule has 1 N–H and O–H groups in total. The normalized spacial score (nSPS) is 10.5. The van der Waals surface area contributed by atoms with E-state index in [1.54, 1.807) is 0 Å². The van der Waals surface area contributed by atoms with Crippen LogP contribution in [-0.2, 0) is 0 Å². The third-order valence-electron chi connectivity index (χ3n) is 2.38. The maximum absolute atomic E-state index is 11.3. The molecule has 0 saturated heterocycles. The summed E-state index contributed by atoms with van der Waals surface area (Å²) in [7, 11) is 0. The number of aromatic amines is 1. The molecule has 0 unspecified atom stereocenters. The van der Waals surface area contributed by atoms with Gasteiger partial charge in [-0.2, -0.15) is 0 Å². The molecule has 8 heteroatoms. The van der Waals surface area contributed by atoms with Gasteiger partial charge in [0, 0.05) is 28.4 Å². The summed E-state index contributed by atoms with van der Waals surface area (Å²) in [5.41, 5.74) is -0.681. The predicted molar refractivity (Wildman–Crippen MR) is 74.2 cm³/mol. The Bertz CT molecular complexity index is 704. The lowest BCUT2D eigenvalue weighted by atomic mass is 10.1. The highest BCUT2D eigenvalue weighted by atomic mass is 35.5. The van der Waals surface area contributed by atoms with Crippen LogP contribution >= 0.6 is 34.8 Å². The van der Waals surface area contributed by atoms with E-state index in [9.17, 15) is 14.9 Å². The number of benzene rings is 1. The van der Waals surface area contributed by atoms with Crippen LogP contribution in [0.1, 0.15) is 0 Å². The summed E-state index contributed by atoms with van der Waals surface area (Å²) in [6.07, 6.45) is 1.30. The number of nitro groups is 1. The van der Waals surface area contributed by atoms with Crippen molar-refractivity contribution < 1.29 is 4.92 Å². The first-order chi connectivity index (χ1) is 8.90. The molecule has 0 atom stereocenters. The minimum absolute atomic E-state index is 0.235. The van der Waals surface area contributed by atoms with E-state index in [-0.39, 0.29) is 10.0 Å². The smallest absolute Gasteiger partial charge is 0.323 e. The number of aromatic nitrogens is 1. The molecule has 0 amide bonds. The fourth-order valence-corrected chi connectivity index (χ4v) is 2.60. The Morgan fingerprint density at radius 1 is 1.11 bits per heavy atom. The van der Waals surface area contributed by atoms with Gasteiger partial charge in [0.1, 0.15) is 0 Å². The molecule has 2 rings (SSSR count). The number of hydrogen-bond acceptors (Lipinski definition) is 3. The maximum Gasteiger partial charge on any atom is 0.334 e. The molecule has 1 heterocycles. The highest BCUT2D eigenvalue weighted by Gasteiger charge is 2.17. The molecule has 0 bridgehead atoms. The van der Waals surface area contributed by atoms with Crippen molar-refractivity contribution in [2.75, 3.05) is 0 Å². The summed E-state index contributed by atoms with van der Waals surface area (Å²) < 4.78 is 0. The average Bonchev–Trinajstić information content (AvgIpc) is 2.29. The van der Waals surface area contributed by atoms with Crippen LogP contribution in [0.3, 0.4) is 0 Å². The Kier molecular flexibility index (Phi) is 3.80. The SMILES string of the molecule is O=c1[nH]cc(-c2c(Cl)cc(Cl)cc2Cl)cc1[N+](=O)[O-]. The zero-order valence-electron chi connectivity index (χ0n) is 9.12. The molecule has 0 spiro atoms. The zero-order valence-corrected chi connectivity index (χ0v) is 11.4. The van der Waals surface area contributed by atoms with Crippen LogP contribution in [0.5, 0.6) is 0 Å². The number of pyridine rings is 1. The van der Waals surface area contributed by atoms with Crippen molar-refractivity contribution in [3.8, 4) is 11.1 Å². The van der Waals surface area contributed by atoms with Gasteiger partial charge >= 0.3 is 11.2 Å². The Morgan fingerprint density at radius 3 is 2.21 bits per heavy atom. The van der Waals surface area contributed by atoms with Gasteiger partial charge in [0.15, 0.2) is 0 Å². The lowest BCUT2D eigenvalue weighted by molar-refractivity contribution is -0.386. The highest BCUT2D eigenvalue weighted by Crippen LogP contribution is 2.37. The number of halogens is 3. The molecule has 0 aliphatic carbocycles. The van der Waals surface area contributed by atoms with Crippen molar-refractivity contribution >= 4 is 40.5 Å². The van der Waals surface area contributed by atoms with Crippen molar-refractivity contribution in [1.29, 1.82) is 0 Å². The first kappa shape index (κ1) is 13.9. The monoisotopic (exact) mass is 318 g/mol. The second-order valence-electron chi connectivity index (χ2n) is 3.60. The van der Waals surface area contributed by atoms with Gasteiger partial charge in [-0.05, 0) is 12.1 Å². The molecule has 0 aliphatic heterocycles. The number of hydrogen-bond donors (Lipinski definition) is 1. The van der Waals surface area contributed by atoms with Crippen molar-refractivity contribution in [3.05, 3.63) is 59.9 Å². The van der Waals surface area contributed by atoms with Gasteiger partial charge in [-0.1, -0.05) is 34.8 Å². The molecule has 0 saturated carbocycles. The van der Waals surface area contributed by atoms with Gasteiger partial charge in [-0.3, -0.25) is 14.9 Å². The Morgan fingerprint density at radius 2 is 1.68 bits per heavy atom. The van der Waals surface area contributed by atoms with E-state index < -0.39 is 16.2 Å². The van der Waals surface area contributed by atoms with Crippen LogP contribution in [0.2, 0.25) is 15.1 Å². The number of rotatable bonds is 2. The topological polar surface area (TPSA) is 76.0 Å². The van der Waals surface area contributed by atoms with Crippen LogP contribution in [0.25, 0.3) is 11.1 Å². The molecule has 0 radical (unpaired) electrons. The van der Waals surface area contributed by atoms with Crippen LogP contribution in [0.4, 0.5) is 5.69 Å². The molecule has 2 aromatic rings. The molecule has 98 valence electrons.